The predicted octanol–water partition coefficient (Wildman–Crippen LogP) is 2.26. The van der Waals surface area contributed by atoms with Crippen LogP contribution in [0.1, 0.15) is 50.3 Å². The van der Waals surface area contributed by atoms with E-state index in [4.69, 9.17) is 0 Å². The van der Waals surface area contributed by atoms with Crippen molar-refractivity contribution in [1.82, 2.24) is 19.5 Å². The van der Waals surface area contributed by atoms with Gasteiger partial charge in [0.25, 0.3) is 0 Å². The second-order valence-corrected chi connectivity index (χ2v) is 8.27. The van der Waals surface area contributed by atoms with E-state index in [9.17, 15) is 8.42 Å². The fraction of sp³-hybridized carbons (Fsp3) is 0.529. The quantitative estimate of drug-likeness (QED) is 0.899. The molecule has 0 fully saturated rings. The van der Waals surface area contributed by atoms with Crippen molar-refractivity contribution in [3.05, 3.63) is 41.5 Å². The van der Waals surface area contributed by atoms with Crippen LogP contribution in [0.15, 0.2) is 29.2 Å². The normalized spacial score (nSPS) is 17.9. The van der Waals surface area contributed by atoms with Crippen LogP contribution >= 0.6 is 0 Å². The molecule has 24 heavy (non-hydrogen) atoms. The molecule has 0 saturated heterocycles. The number of nitrogens with zero attached hydrogens (tertiary/aromatic N) is 3. The molecular weight excluding hydrogens is 324 g/mol. The minimum atomic E-state index is -3.52. The van der Waals surface area contributed by atoms with Gasteiger partial charge in [0.05, 0.1) is 11.4 Å². The van der Waals surface area contributed by atoms with Crippen LogP contribution in [0, 0.1) is 0 Å². The van der Waals surface area contributed by atoms with Gasteiger partial charge in [-0.1, -0.05) is 32.9 Å². The highest BCUT2D eigenvalue weighted by atomic mass is 32.2. The highest BCUT2D eigenvalue weighted by molar-refractivity contribution is 7.89. The maximum Gasteiger partial charge on any atom is 0.240 e. The summed E-state index contributed by atoms with van der Waals surface area (Å²) in [7, 11) is -3.52. The predicted molar refractivity (Wildman–Crippen MR) is 92.4 cm³/mol. The molecule has 6 nitrogen and oxygen atoms in total. The van der Waals surface area contributed by atoms with Crippen LogP contribution in [-0.2, 0) is 29.4 Å². The number of hydrogen-bond acceptors (Lipinski definition) is 4. The zero-order valence-corrected chi connectivity index (χ0v) is 15.2. The van der Waals surface area contributed by atoms with E-state index < -0.39 is 10.0 Å². The Morgan fingerprint density at radius 2 is 2.00 bits per heavy atom. The lowest BCUT2D eigenvalue weighted by atomic mass is 10.0. The lowest BCUT2D eigenvalue weighted by Crippen LogP contribution is -2.41. The second kappa shape index (κ2) is 6.64. The van der Waals surface area contributed by atoms with Gasteiger partial charge in [-0.2, -0.15) is 5.10 Å². The topological polar surface area (TPSA) is 76.9 Å². The Bertz CT molecular complexity index is 810. The van der Waals surface area contributed by atoms with Crippen molar-refractivity contribution >= 4 is 10.0 Å². The van der Waals surface area contributed by atoms with Gasteiger partial charge in [-0.25, -0.2) is 22.8 Å². The first-order chi connectivity index (χ1) is 11.4. The minimum absolute atomic E-state index is 0.154. The van der Waals surface area contributed by atoms with Crippen LogP contribution in [0.2, 0.25) is 0 Å². The Balaban J connectivity index is 1.73. The monoisotopic (exact) mass is 348 g/mol. The first kappa shape index (κ1) is 17.1. The number of benzene rings is 1. The van der Waals surface area contributed by atoms with Crippen molar-refractivity contribution < 1.29 is 8.42 Å². The van der Waals surface area contributed by atoms with Crippen molar-refractivity contribution in [2.45, 2.75) is 63.4 Å². The van der Waals surface area contributed by atoms with Crippen LogP contribution in [0.5, 0.6) is 0 Å². The van der Waals surface area contributed by atoms with Gasteiger partial charge >= 0.3 is 0 Å². The Morgan fingerprint density at radius 3 is 2.62 bits per heavy atom. The molecule has 0 unspecified atom stereocenters. The molecule has 130 valence electrons. The SMILES string of the molecule is CCc1nc2n(n1)C[C@H](NS(=O)(=O)c1ccc(C(C)C)cc1)CC2. The molecule has 0 radical (unpaired) electrons. The summed E-state index contributed by atoms with van der Waals surface area (Å²) >= 11 is 0. The van der Waals surface area contributed by atoms with E-state index >= 15 is 0 Å². The standard InChI is InChI=1S/C17H24N4O2S/c1-4-16-18-17-10-7-14(11-21(17)19-16)20-24(22,23)15-8-5-13(6-9-15)12(2)3/h5-6,8-9,12,14,20H,4,7,10-11H2,1-3H3/t14-/m1/s1. The van der Waals surface area contributed by atoms with Gasteiger partial charge in [0.2, 0.25) is 10.0 Å². The van der Waals surface area contributed by atoms with Crippen LogP contribution < -0.4 is 4.72 Å². The smallest absolute Gasteiger partial charge is 0.240 e. The molecule has 3 rings (SSSR count). The highest BCUT2D eigenvalue weighted by Crippen LogP contribution is 2.19. The Kier molecular flexibility index (Phi) is 4.73. The van der Waals surface area contributed by atoms with Crippen LogP contribution in [0.4, 0.5) is 0 Å². The number of aromatic nitrogens is 3. The van der Waals surface area contributed by atoms with Crippen LogP contribution in [0.25, 0.3) is 0 Å². The van der Waals surface area contributed by atoms with E-state index in [-0.39, 0.29) is 6.04 Å². The summed E-state index contributed by atoms with van der Waals surface area (Å²) in [5.74, 6) is 2.15. The van der Waals surface area contributed by atoms with Crippen LogP contribution in [-0.4, -0.2) is 29.2 Å². The van der Waals surface area contributed by atoms with E-state index in [1.807, 2.05) is 23.7 Å². The molecule has 2 heterocycles. The molecule has 0 saturated carbocycles. The first-order valence-electron chi connectivity index (χ1n) is 8.44. The zero-order chi connectivity index (χ0) is 17.3. The maximum atomic E-state index is 12.6. The van der Waals surface area contributed by atoms with Crippen molar-refractivity contribution in [2.75, 3.05) is 0 Å². The summed E-state index contributed by atoms with van der Waals surface area (Å²) in [4.78, 5) is 4.77. The largest absolute Gasteiger partial charge is 0.248 e. The van der Waals surface area contributed by atoms with Crippen molar-refractivity contribution in [2.24, 2.45) is 0 Å². The lowest BCUT2D eigenvalue weighted by Gasteiger charge is -2.23. The molecule has 1 aliphatic heterocycles. The van der Waals surface area contributed by atoms with Crippen molar-refractivity contribution in [3.8, 4) is 0 Å². The third-order valence-corrected chi connectivity index (χ3v) is 5.93. The number of aryl methyl sites for hydroxylation is 2. The Labute approximate surface area is 143 Å². The summed E-state index contributed by atoms with van der Waals surface area (Å²) in [6, 6.07) is 6.96. The highest BCUT2D eigenvalue weighted by Gasteiger charge is 2.26. The molecule has 0 amide bonds. The molecule has 1 N–H and O–H groups in total. The molecule has 1 atom stereocenters. The number of rotatable bonds is 5. The molecule has 1 aliphatic rings. The van der Waals surface area contributed by atoms with E-state index in [2.05, 4.69) is 28.7 Å². The van der Waals surface area contributed by atoms with Gasteiger partial charge in [-0.3, -0.25) is 0 Å². The number of fused-ring (bicyclic) bond motifs is 1. The summed E-state index contributed by atoms with van der Waals surface area (Å²) < 4.78 is 29.8. The van der Waals surface area contributed by atoms with E-state index in [1.54, 1.807) is 12.1 Å². The van der Waals surface area contributed by atoms with E-state index in [1.165, 1.54) is 0 Å². The summed E-state index contributed by atoms with van der Waals surface area (Å²) in [6.07, 6.45) is 2.27. The Hall–Kier alpha value is -1.73. The molecule has 1 aromatic carbocycles. The average Bonchev–Trinajstić information content (AvgIpc) is 2.97. The first-order valence-corrected chi connectivity index (χ1v) is 9.92. The van der Waals surface area contributed by atoms with Crippen molar-refractivity contribution in [3.63, 3.8) is 0 Å². The second-order valence-electron chi connectivity index (χ2n) is 6.56. The minimum Gasteiger partial charge on any atom is -0.248 e. The van der Waals surface area contributed by atoms with Gasteiger partial charge in [-0.05, 0) is 30.0 Å². The molecule has 2 aromatic rings. The van der Waals surface area contributed by atoms with Gasteiger partial charge in [0.1, 0.15) is 5.82 Å². The maximum absolute atomic E-state index is 12.6. The molecular formula is C17H24N4O2S. The van der Waals surface area contributed by atoms with Crippen LogP contribution in [0.3, 0.4) is 0 Å². The average molecular weight is 348 g/mol. The number of sulfonamides is 1. The Morgan fingerprint density at radius 1 is 1.29 bits per heavy atom. The third kappa shape index (κ3) is 3.52. The molecule has 0 bridgehead atoms. The lowest BCUT2D eigenvalue weighted by molar-refractivity contribution is 0.394. The fourth-order valence-corrected chi connectivity index (χ4v) is 4.19. The molecule has 0 spiro atoms. The molecule has 1 aromatic heterocycles. The number of nitrogens with one attached hydrogen (secondary N) is 1. The summed E-state index contributed by atoms with van der Waals surface area (Å²) in [6.45, 7) is 6.72. The summed E-state index contributed by atoms with van der Waals surface area (Å²) in [5, 5.41) is 4.42. The summed E-state index contributed by atoms with van der Waals surface area (Å²) in [5.41, 5.74) is 1.13. The third-order valence-electron chi connectivity index (χ3n) is 4.40. The molecule has 7 heteroatoms. The van der Waals surface area contributed by atoms with Gasteiger partial charge in [0.15, 0.2) is 5.82 Å². The van der Waals surface area contributed by atoms with Gasteiger partial charge in [0, 0.05) is 18.9 Å². The van der Waals surface area contributed by atoms with E-state index in [0.717, 1.165) is 36.5 Å². The number of hydrogen-bond donors (Lipinski definition) is 1. The van der Waals surface area contributed by atoms with Gasteiger partial charge in [-0.15, -0.1) is 0 Å². The zero-order valence-electron chi connectivity index (χ0n) is 14.4. The molecule has 0 aliphatic carbocycles. The fourth-order valence-electron chi connectivity index (χ4n) is 2.93. The van der Waals surface area contributed by atoms with E-state index in [0.29, 0.717) is 17.4 Å². The van der Waals surface area contributed by atoms with Gasteiger partial charge < -0.3 is 0 Å². The van der Waals surface area contributed by atoms with Crippen molar-refractivity contribution in [1.29, 1.82) is 0 Å².